The average Bonchev–Trinajstić information content (AvgIpc) is 3.36. The Hall–Kier alpha value is -3.32. The summed E-state index contributed by atoms with van der Waals surface area (Å²) in [5.74, 6) is 0.471. The molecule has 3 aromatic heterocycles. The van der Waals surface area contributed by atoms with E-state index in [4.69, 9.17) is 0 Å². The van der Waals surface area contributed by atoms with Gasteiger partial charge in [0.05, 0.1) is 23.1 Å². The Morgan fingerprint density at radius 2 is 2.00 bits per heavy atom. The van der Waals surface area contributed by atoms with Crippen molar-refractivity contribution in [2.45, 2.75) is 20.3 Å². The normalized spacial score (nSPS) is 10.8. The van der Waals surface area contributed by atoms with Crippen LogP contribution in [0, 0.1) is 6.92 Å². The van der Waals surface area contributed by atoms with Gasteiger partial charge in [0.25, 0.3) is 5.91 Å². The van der Waals surface area contributed by atoms with E-state index in [0.29, 0.717) is 22.9 Å². The van der Waals surface area contributed by atoms with Gasteiger partial charge in [-0.2, -0.15) is 5.10 Å². The molecule has 0 saturated carbocycles. The number of carbonyl (C=O) groups excluding carboxylic acids is 1. The van der Waals surface area contributed by atoms with Crippen LogP contribution in [0.5, 0.6) is 0 Å². The van der Waals surface area contributed by atoms with Gasteiger partial charge in [-0.1, -0.05) is 37.3 Å². The highest BCUT2D eigenvalue weighted by atomic mass is 32.1. The number of aromatic nitrogens is 4. The number of amides is 1. The van der Waals surface area contributed by atoms with E-state index in [-0.39, 0.29) is 5.91 Å². The van der Waals surface area contributed by atoms with E-state index in [2.05, 4.69) is 20.4 Å². The summed E-state index contributed by atoms with van der Waals surface area (Å²) in [6, 6.07) is 13.7. The van der Waals surface area contributed by atoms with Crippen LogP contribution >= 0.6 is 11.3 Å². The van der Waals surface area contributed by atoms with Crippen molar-refractivity contribution in [3.63, 3.8) is 0 Å². The van der Waals surface area contributed by atoms with Crippen molar-refractivity contribution >= 4 is 22.4 Å². The topological polar surface area (TPSA) is 72.7 Å². The largest absolute Gasteiger partial charge is 0.298 e. The lowest BCUT2D eigenvalue weighted by Crippen LogP contribution is -2.14. The zero-order valence-electron chi connectivity index (χ0n) is 15.6. The SMILES string of the molecule is CCc1c(C(=O)Nc2nc(-c3ccccc3C)cs2)cnn1-c1ccccn1. The third-order valence-electron chi connectivity index (χ3n) is 4.46. The van der Waals surface area contributed by atoms with Crippen molar-refractivity contribution < 1.29 is 4.79 Å². The Morgan fingerprint density at radius 3 is 2.75 bits per heavy atom. The Morgan fingerprint density at radius 1 is 1.18 bits per heavy atom. The summed E-state index contributed by atoms with van der Waals surface area (Å²) < 4.78 is 1.70. The molecule has 6 nitrogen and oxygen atoms in total. The number of nitrogens with one attached hydrogen (secondary N) is 1. The lowest BCUT2D eigenvalue weighted by atomic mass is 10.1. The predicted octanol–water partition coefficient (Wildman–Crippen LogP) is 4.51. The number of aryl methyl sites for hydroxylation is 1. The van der Waals surface area contributed by atoms with Crippen LogP contribution in [-0.2, 0) is 6.42 Å². The molecule has 28 heavy (non-hydrogen) atoms. The summed E-state index contributed by atoms with van der Waals surface area (Å²) in [7, 11) is 0. The van der Waals surface area contributed by atoms with E-state index in [9.17, 15) is 4.79 Å². The molecule has 7 heteroatoms. The van der Waals surface area contributed by atoms with E-state index < -0.39 is 0 Å². The molecule has 1 N–H and O–H groups in total. The molecule has 0 unspecified atom stereocenters. The zero-order chi connectivity index (χ0) is 19.5. The number of thiazole rings is 1. The van der Waals surface area contributed by atoms with Crippen LogP contribution in [0.2, 0.25) is 0 Å². The highest BCUT2D eigenvalue weighted by molar-refractivity contribution is 7.14. The van der Waals surface area contributed by atoms with Crippen LogP contribution in [-0.4, -0.2) is 25.7 Å². The van der Waals surface area contributed by atoms with Gasteiger partial charge in [0.2, 0.25) is 0 Å². The number of pyridine rings is 1. The first-order valence-corrected chi connectivity index (χ1v) is 9.86. The first-order valence-electron chi connectivity index (χ1n) is 8.98. The maximum absolute atomic E-state index is 12.8. The van der Waals surface area contributed by atoms with Gasteiger partial charge in [0, 0.05) is 17.1 Å². The third kappa shape index (κ3) is 3.44. The molecule has 0 atom stereocenters. The monoisotopic (exact) mass is 389 g/mol. The van der Waals surface area contributed by atoms with Crippen molar-refractivity contribution in [2.75, 3.05) is 5.32 Å². The van der Waals surface area contributed by atoms with Gasteiger partial charge in [-0.05, 0) is 31.0 Å². The molecule has 0 spiro atoms. The second-order valence-corrected chi connectivity index (χ2v) is 7.12. The smallest absolute Gasteiger partial charge is 0.260 e. The molecule has 0 aliphatic rings. The van der Waals surface area contributed by atoms with Gasteiger partial charge >= 0.3 is 0 Å². The first-order chi connectivity index (χ1) is 13.7. The second-order valence-electron chi connectivity index (χ2n) is 6.27. The van der Waals surface area contributed by atoms with Gasteiger partial charge in [0.15, 0.2) is 10.9 Å². The van der Waals surface area contributed by atoms with Gasteiger partial charge in [-0.25, -0.2) is 14.6 Å². The summed E-state index contributed by atoms with van der Waals surface area (Å²) in [6.45, 7) is 4.04. The van der Waals surface area contributed by atoms with E-state index in [1.54, 1.807) is 17.1 Å². The first kappa shape index (κ1) is 18.1. The van der Waals surface area contributed by atoms with Gasteiger partial charge in [-0.15, -0.1) is 11.3 Å². The molecule has 1 aromatic carbocycles. The highest BCUT2D eigenvalue weighted by Crippen LogP contribution is 2.27. The Balaban J connectivity index is 1.58. The summed E-state index contributed by atoms with van der Waals surface area (Å²) in [4.78, 5) is 21.7. The van der Waals surface area contributed by atoms with Crippen molar-refractivity contribution in [3.8, 4) is 17.1 Å². The summed E-state index contributed by atoms with van der Waals surface area (Å²) in [5.41, 5.74) is 4.41. The molecule has 140 valence electrons. The van der Waals surface area contributed by atoms with Crippen LogP contribution in [0.1, 0.15) is 28.5 Å². The molecular formula is C21H19N5OS. The fourth-order valence-electron chi connectivity index (χ4n) is 3.06. The van der Waals surface area contributed by atoms with Crippen molar-refractivity contribution in [1.82, 2.24) is 19.7 Å². The molecule has 1 amide bonds. The maximum atomic E-state index is 12.8. The van der Waals surface area contributed by atoms with Crippen LogP contribution in [0.4, 0.5) is 5.13 Å². The fraction of sp³-hybridized carbons (Fsp3) is 0.143. The molecular weight excluding hydrogens is 370 g/mol. The molecule has 0 saturated heterocycles. The standard InChI is InChI=1S/C21H19N5OS/c1-3-18-16(12-23-26(18)19-10-6-7-11-22-19)20(27)25-21-24-17(13-28-21)15-9-5-4-8-14(15)2/h4-13H,3H2,1-2H3,(H,24,25,27). The Kier molecular flexibility index (Phi) is 4.99. The number of nitrogens with zero attached hydrogens (tertiary/aromatic N) is 4. The summed E-state index contributed by atoms with van der Waals surface area (Å²) in [5, 5.41) is 9.78. The maximum Gasteiger partial charge on any atom is 0.260 e. The van der Waals surface area contributed by atoms with Gasteiger partial charge in [-0.3, -0.25) is 10.1 Å². The lowest BCUT2D eigenvalue weighted by molar-refractivity contribution is 0.102. The van der Waals surface area contributed by atoms with E-state index >= 15 is 0 Å². The molecule has 0 aliphatic carbocycles. The summed E-state index contributed by atoms with van der Waals surface area (Å²) >= 11 is 1.41. The van der Waals surface area contributed by atoms with Crippen LogP contribution in [0.3, 0.4) is 0 Å². The Labute approximate surface area is 166 Å². The number of hydrogen-bond acceptors (Lipinski definition) is 5. The van der Waals surface area contributed by atoms with Crippen molar-refractivity contribution in [1.29, 1.82) is 0 Å². The average molecular weight is 389 g/mol. The number of rotatable bonds is 5. The fourth-order valence-corrected chi connectivity index (χ4v) is 3.77. The quantitative estimate of drug-likeness (QED) is 0.545. The van der Waals surface area contributed by atoms with E-state index in [1.807, 2.05) is 61.7 Å². The molecule has 3 heterocycles. The molecule has 0 bridgehead atoms. The van der Waals surface area contributed by atoms with Gasteiger partial charge < -0.3 is 0 Å². The van der Waals surface area contributed by atoms with E-state index in [1.165, 1.54) is 11.3 Å². The minimum atomic E-state index is -0.218. The number of anilines is 1. The molecule has 0 fully saturated rings. The zero-order valence-corrected chi connectivity index (χ0v) is 16.4. The second kappa shape index (κ2) is 7.74. The molecule has 0 aliphatic heterocycles. The highest BCUT2D eigenvalue weighted by Gasteiger charge is 2.19. The Bertz CT molecular complexity index is 1120. The number of benzene rings is 1. The third-order valence-corrected chi connectivity index (χ3v) is 5.22. The molecule has 4 rings (SSSR count). The van der Waals surface area contributed by atoms with Crippen molar-refractivity contribution in [2.24, 2.45) is 0 Å². The minimum Gasteiger partial charge on any atom is -0.298 e. The van der Waals surface area contributed by atoms with E-state index in [0.717, 1.165) is 22.5 Å². The number of carbonyl (C=O) groups is 1. The van der Waals surface area contributed by atoms with Gasteiger partial charge in [0.1, 0.15) is 0 Å². The lowest BCUT2D eigenvalue weighted by Gasteiger charge is -2.06. The molecule has 0 radical (unpaired) electrons. The minimum absolute atomic E-state index is 0.218. The summed E-state index contributed by atoms with van der Waals surface area (Å²) in [6.07, 6.45) is 3.95. The predicted molar refractivity (Wildman–Crippen MR) is 111 cm³/mol. The van der Waals surface area contributed by atoms with Crippen LogP contribution < -0.4 is 5.32 Å². The molecule has 4 aromatic rings. The van der Waals surface area contributed by atoms with Crippen LogP contribution in [0.15, 0.2) is 60.2 Å². The van der Waals surface area contributed by atoms with Crippen molar-refractivity contribution in [3.05, 3.63) is 77.1 Å². The van der Waals surface area contributed by atoms with Crippen LogP contribution in [0.25, 0.3) is 17.1 Å². The number of hydrogen-bond donors (Lipinski definition) is 1.